The Balaban J connectivity index is 0.00000256. The number of non-ortho nitro benzene ring substituents is 1. The number of nitrogens with zero attached hydrogens (tertiary/aromatic N) is 1. The molecule has 7 heteroatoms. The molecule has 0 unspecified atom stereocenters. The van der Waals surface area contributed by atoms with Crippen molar-refractivity contribution in [3.8, 4) is 0 Å². The van der Waals surface area contributed by atoms with E-state index < -0.39 is 16.8 Å². The van der Waals surface area contributed by atoms with Crippen LogP contribution in [-0.2, 0) is 0 Å². The largest absolute Gasteiger partial charge is 0.330 e. The average Bonchev–Trinajstić information content (AvgIpc) is 2.26. The molecule has 5 nitrogen and oxygen atoms in total. The summed E-state index contributed by atoms with van der Waals surface area (Å²) in [7, 11) is 0. The first-order valence-corrected chi connectivity index (χ1v) is 4.95. The van der Waals surface area contributed by atoms with Gasteiger partial charge >= 0.3 is 0 Å². The molecule has 1 atom stereocenters. The molecule has 0 aliphatic carbocycles. The van der Waals surface area contributed by atoms with Gasteiger partial charge in [-0.2, -0.15) is 0 Å². The molecule has 4 N–H and O–H groups in total. The van der Waals surface area contributed by atoms with Crippen molar-refractivity contribution in [3.63, 3.8) is 0 Å². The molecule has 0 fully saturated rings. The lowest BCUT2D eigenvalue weighted by atomic mass is 10.0. The fourth-order valence-electron chi connectivity index (χ4n) is 1.42. The van der Waals surface area contributed by atoms with Gasteiger partial charge in [0.15, 0.2) is 0 Å². The van der Waals surface area contributed by atoms with E-state index in [1.807, 2.05) is 0 Å². The highest BCUT2D eigenvalue weighted by Gasteiger charge is 2.15. The lowest BCUT2D eigenvalue weighted by Gasteiger charge is -2.11. The second kappa shape index (κ2) is 7.16. The van der Waals surface area contributed by atoms with Crippen molar-refractivity contribution in [3.05, 3.63) is 39.7 Å². The molecular formula is C10H15ClFN3O2. The predicted octanol–water partition coefficient (Wildman–Crippen LogP) is 1.89. The summed E-state index contributed by atoms with van der Waals surface area (Å²) in [6.45, 7) is 0.463. The van der Waals surface area contributed by atoms with Gasteiger partial charge in [-0.05, 0) is 25.5 Å². The number of rotatable bonds is 5. The summed E-state index contributed by atoms with van der Waals surface area (Å²) in [5.74, 6) is -0.518. The first kappa shape index (κ1) is 15.8. The molecule has 0 radical (unpaired) electrons. The van der Waals surface area contributed by atoms with E-state index in [4.69, 9.17) is 11.5 Å². The second-order valence-corrected chi connectivity index (χ2v) is 3.50. The monoisotopic (exact) mass is 263 g/mol. The van der Waals surface area contributed by atoms with Crippen molar-refractivity contribution in [2.75, 3.05) is 6.54 Å². The molecule has 0 amide bonds. The van der Waals surface area contributed by atoms with Gasteiger partial charge in [-0.15, -0.1) is 12.4 Å². The van der Waals surface area contributed by atoms with Crippen LogP contribution in [0.3, 0.4) is 0 Å². The van der Waals surface area contributed by atoms with E-state index in [0.29, 0.717) is 19.4 Å². The molecule has 1 aromatic rings. The van der Waals surface area contributed by atoms with Crippen LogP contribution in [0, 0.1) is 15.9 Å². The normalized spacial score (nSPS) is 11.7. The van der Waals surface area contributed by atoms with Crippen LogP contribution >= 0.6 is 12.4 Å². The Morgan fingerprint density at radius 3 is 2.65 bits per heavy atom. The van der Waals surface area contributed by atoms with Gasteiger partial charge in [-0.3, -0.25) is 10.1 Å². The zero-order chi connectivity index (χ0) is 12.1. The van der Waals surface area contributed by atoms with E-state index in [9.17, 15) is 14.5 Å². The maximum absolute atomic E-state index is 13.4. The summed E-state index contributed by atoms with van der Waals surface area (Å²) < 4.78 is 13.4. The van der Waals surface area contributed by atoms with Gasteiger partial charge in [0.2, 0.25) is 0 Å². The summed E-state index contributed by atoms with van der Waals surface area (Å²) in [6.07, 6.45) is 1.16. The topological polar surface area (TPSA) is 95.2 Å². The Morgan fingerprint density at radius 1 is 1.47 bits per heavy atom. The van der Waals surface area contributed by atoms with Crippen LogP contribution in [0.2, 0.25) is 0 Å². The molecular weight excluding hydrogens is 249 g/mol. The third-order valence-electron chi connectivity index (χ3n) is 2.31. The predicted molar refractivity (Wildman–Crippen MR) is 65.5 cm³/mol. The minimum Gasteiger partial charge on any atom is -0.330 e. The third kappa shape index (κ3) is 4.26. The van der Waals surface area contributed by atoms with Gasteiger partial charge in [0.1, 0.15) is 5.82 Å². The molecule has 0 aliphatic heterocycles. The highest BCUT2D eigenvalue weighted by Crippen LogP contribution is 2.23. The summed E-state index contributed by atoms with van der Waals surface area (Å²) in [6, 6.07) is 2.81. The number of benzene rings is 1. The minimum absolute atomic E-state index is 0. The zero-order valence-corrected chi connectivity index (χ0v) is 9.95. The molecule has 0 bridgehead atoms. The fourth-order valence-corrected chi connectivity index (χ4v) is 1.42. The quantitative estimate of drug-likeness (QED) is 0.626. The van der Waals surface area contributed by atoms with E-state index in [0.717, 1.165) is 12.1 Å². The van der Waals surface area contributed by atoms with E-state index in [1.54, 1.807) is 0 Å². The second-order valence-electron chi connectivity index (χ2n) is 3.50. The Hall–Kier alpha value is -1.24. The summed E-state index contributed by atoms with van der Waals surface area (Å²) >= 11 is 0. The molecule has 0 aromatic heterocycles. The minimum atomic E-state index is -0.571. The van der Waals surface area contributed by atoms with Crippen LogP contribution in [0.4, 0.5) is 10.1 Å². The van der Waals surface area contributed by atoms with Crippen LogP contribution in [0.5, 0.6) is 0 Å². The van der Waals surface area contributed by atoms with Crippen LogP contribution in [0.25, 0.3) is 0 Å². The summed E-state index contributed by atoms with van der Waals surface area (Å²) in [4.78, 5) is 9.95. The van der Waals surface area contributed by atoms with E-state index >= 15 is 0 Å². The van der Waals surface area contributed by atoms with Gasteiger partial charge in [0, 0.05) is 23.7 Å². The number of nitrogens with two attached hydrogens (primary N) is 2. The third-order valence-corrected chi connectivity index (χ3v) is 2.31. The van der Waals surface area contributed by atoms with E-state index in [2.05, 4.69) is 0 Å². The Kier molecular flexibility index (Phi) is 6.64. The molecule has 1 rings (SSSR count). The molecule has 96 valence electrons. The highest BCUT2D eigenvalue weighted by atomic mass is 35.5. The van der Waals surface area contributed by atoms with E-state index in [-0.39, 0.29) is 23.7 Å². The van der Waals surface area contributed by atoms with Gasteiger partial charge < -0.3 is 11.5 Å². The summed E-state index contributed by atoms with van der Waals surface area (Å²) in [5, 5.41) is 10.5. The maximum atomic E-state index is 13.4. The SMILES string of the molecule is Cl.NCCC[C@H](N)c1cc([N+](=O)[O-])ccc1F. The number of halogens is 2. The van der Waals surface area contributed by atoms with Crippen LogP contribution in [0.15, 0.2) is 18.2 Å². The average molecular weight is 264 g/mol. The van der Waals surface area contributed by atoms with Crippen molar-refractivity contribution in [2.45, 2.75) is 18.9 Å². The Bertz CT molecular complexity index is 390. The Morgan fingerprint density at radius 2 is 2.12 bits per heavy atom. The van der Waals surface area contributed by atoms with Gasteiger partial charge in [0.25, 0.3) is 5.69 Å². The number of hydrogen-bond donors (Lipinski definition) is 2. The van der Waals surface area contributed by atoms with Crippen molar-refractivity contribution < 1.29 is 9.31 Å². The van der Waals surface area contributed by atoms with E-state index in [1.165, 1.54) is 6.07 Å². The number of nitro groups is 1. The maximum Gasteiger partial charge on any atom is 0.269 e. The first-order valence-electron chi connectivity index (χ1n) is 4.95. The molecule has 0 heterocycles. The van der Waals surface area contributed by atoms with Crippen molar-refractivity contribution in [1.82, 2.24) is 0 Å². The van der Waals surface area contributed by atoms with Crippen LogP contribution < -0.4 is 11.5 Å². The standard InChI is InChI=1S/C10H14FN3O2.ClH/c11-9-4-3-7(14(15)16)6-8(9)10(13)2-1-5-12;/h3-4,6,10H,1-2,5,12-13H2;1H/t10-;/m0./s1. The van der Waals surface area contributed by atoms with Crippen molar-refractivity contribution >= 4 is 18.1 Å². The lowest BCUT2D eigenvalue weighted by Crippen LogP contribution is -2.14. The molecule has 0 aliphatic rings. The van der Waals surface area contributed by atoms with Crippen LogP contribution in [-0.4, -0.2) is 11.5 Å². The molecule has 0 spiro atoms. The van der Waals surface area contributed by atoms with Crippen molar-refractivity contribution in [2.24, 2.45) is 11.5 Å². The first-order chi connectivity index (χ1) is 7.56. The molecule has 17 heavy (non-hydrogen) atoms. The molecule has 0 saturated carbocycles. The smallest absolute Gasteiger partial charge is 0.269 e. The lowest BCUT2D eigenvalue weighted by molar-refractivity contribution is -0.385. The summed E-state index contributed by atoms with van der Waals surface area (Å²) in [5.41, 5.74) is 11.1. The fraction of sp³-hybridized carbons (Fsp3) is 0.400. The number of hydrogen-bond acceptors (Lipinski definition) is 4. The van der Waals surface area contributed by atoms with Gasteiger partial charge in [-0.1, -0.05) is 0 Å². The zero-order valence-electron chi connectivity index (χ0n) is 9.14. The van der Waals surface area contributed by atoms with Gasteiger partial charge in [0.05, 0.1) is 4.92 Å². The van der Waals surface area contributed by atoms with Crippen molar-refractivity contribution in [1.29, 1.82) is 0 Å². The van der Waals surface area contributed by atoms with Gasteiger partial charge in [-0.25, -0.2) is 4.39 Å². The Labute approximate surface area is 105 Å². The highest BCUT2D eigenvalue weighted by molar-refractivity contribution is 5.85. The number of nitro benzene ring substituents is 1. The molecule has 0 saturated heterocycles. The molecule has 1 aromatic carbocycles. The van der Waals surface area contributed by atoms with Crippen LogP contribution in [0.1, 0.15) is 24.4 Å².